The number of carbonyl (C=O) groups excluding carboxylic acids is 4. The first kappa shape index (κ1) is 34.1. The van der Waals surface area contributed by atoms with Crippen LogP contribution in [0.25, 0.3) is 0 Å². The van der Waals surface area contributed by atoms with Gasteiger partial charge in [0.05, 0.1) is 19.1 Å². The van der Waals surface area contributed by atoms with Gasteiger partial charge >= 0.3 is 23.9 Å². The quantitative estimate of drug-likeness (QED) is 0.220. The van der Waals surface area contributed by atoms with E-state index in [2.05, 4.69) is 0 Å². The lowest BCUT2D eigenvalue weighted by atomic mass is 9.88. The third kappa shape index (κ3) is 11.8. The topological polar surface area (TPSA) is 131 Å². The second-order valence-electron chi connectivity index (χ2n) is 11.5. The van der Waals surface area contributed by atoms with Gasteiger partial charge in [-0.2, -0.15) is 0 Å². The molecule has 0 radical (unpaired) electrons. The zero-order chi connectivity index (χ0) is 29.8. The van der Waals surface area contributed by atoms with Gasteiger partial charge in [-0.05, 0) is 62.6 Å². The lowest BCUT2D eigenvalue weighted by molar-refractivity contribution is -0.157. The van der Waals surface area contributed by atoms with E-state index in [0.29, 0.717) is 36.7 Å². The second kappa shape index (κ2) is 15.6. The molecule has 1 aromatic rings. The Morgan fingerprint density at radius 3 is 1.90 bits per heavy atom. The van der Waals surface area contributed by atoms with E-state index < -0.39 is 28.9 Å². The molecule has 0 aliphatic carbocycles. The molecule has 0 fully saturated rings. The van der Waals surface area contributed by atoms with Crippen molar-refractivity contribution in [2.75, 3.05) is 13.7 Å². The molecule has 0 unspecified atom stereocenters. The van der Waals surface area contributed by atoms with Gasteiger partial charge in [0.25, 0.3) is 0 Å². The molecule has 39 heavy (non-hydrogen) atoms. The number of rotatable bonds is 16. The predicted octanol–water partition coefficient (Wildman–Crippen LogP) is 5.15. The van der Waals surface area contributed by atoms with E-state index in [1.165, 1.54) is 19.2 Å². The highest BCUT2D eigenvalue weighted by molar-refractivity contribution is 5.81. The van der Waals surface area contributed by atoms with Gasteiger partial charge in [-0.15, -0.1) is 0 Å². The van der Waals surface area contributed by atoms with Crippen LogP contribution in [0, 0.1) is 17.3 Å². The maximum absolute atomic E-state index is 12.7. The van der Waals surface area contributed by atoms with E-state index in [1.807, 2.05) is 34.6 Å². The Hall–Kier alpha value is -2.94. The average molecular weight is 550 g/mol. The molecule has 0 saturated carbocycles. The van der Waals surface area contributed by atoms with Gasteiger partial charge in [-0.1, -0.05) is 40.7 Å². The van der Waals surface area contributed by atoms with Crippen LogP contribution in [0.1, 0.15) is 92.6 Å². The van der Waals surface area contributed by atoms with Crippen LogP contribution in [-0.2, 0) is 35.1 Å². The summed E-state index contributed by atoms with van der Waals surface area (Å²) in [6.45, 7) is 13.4. The van der Waals surface area contributed by atoms with Gasteiger partial charge in [-0.3, -0.25) is 19.2 Å². The summed E-state index contributed by atoms with van der Waals surface area (Å²) < 4.78 is 21.4. The van der Waals surface area contributed by atoms with Crippen molar-refractivity contribution >= 4 is 23.9 Å². The molecule has 9 nitrogen and oxygen atoms in total. The number of esters is 4. The Bertz CT molecular complexity index is 985. The zero-order valence-corrected chi connectivity index (χ0v) is 24.9. The van der Waals surface area contributed by atoms with Gasteiger partial charge < -0.3 is 24.7 Å². The van der Waals surface area contributed by atoms with Gasteiger partial charge in [-0.25, -0.2) is 0 Å². The van der Waals surface area contributed by atoms with Gasteiger partial charge in [0.2, 0.25) is 0 Å². The van der Waals surface area contributed by atoms with Crippen LogP contribution in [0.3, 0.4) is 0 Å². The number of hydrogen-bond acceptors (Lipinski definition) is 9. The number of benzene rings is 1. The molecule has 9 heteroatoms. The van der Waals surface area contributed by atoms with Crippen LogP contribution >= 0.6 is 0 Å². The van der Waals surface area contributed by atoms with Crippen molar-refractivity contribution in [3.05, 3.63) is 23.8 Å². The van der Waals surface area contributed by atoms with Crippen LogP contribution in [0.15, 0.2) is 18.2 Å². The van der Waals surface area contributed by atoms with Crippen LogP contribution in [0.2, 0.25) is 0 Å². The highest BCUT2D eigenvalue weighted by atomic mass is 16.6. The molecule has 0 amide bonds. The molecule has 1 atom stereocenters. The molecule has 1 aromatic carbocycles. The molecule has 0 aromatic heterocycles. The Balaban J connectivity index is 3.18. The summed E-state index contributed by atoms with van der Waals surface area (Å²) in [7, 11) is 1.23. The van der Waals surface area contributed by atoms with Gasteiger partial charge in [0.15, 0.2) is 11.5 Å². The second-order valence-corrected chi connectivity index (χ2v) is 11.5. The summed E-state index contributed by atoms with van der Waals surface area (Å²) >= 11 is 0. The zero-order valence-electron chi connectivity index (χ0n) is 24.9. The summed E-state index contributed by atoms with van der Waals surface area (Å²) in [6, 6.07) is 4.71. The SMILES string of the molecule is CCC(C)(C)C(=O)OCC[C@@](N)(Cc1ccc(OC(=O)CCC(C)C)c(OC(=O)CCC(C)C)c1)C(=O)OC. The molecule has 220 valence electrons. The molecule has 0 heterocycles. The van der Waals surface area contributed by atoms with Crippen LogP contribution in [0.5, 0.6) is 11.5 Å². The third-order valence-corrected chi connectivity index (χ3v) is 6.64. The molecular formula is C30H47NO8. The first-order chi connectivity index (χ1) is 18.1. The molecular weight excluding hydrogens is 502 g/mol. The van der Waals surface area contributed by atoms with Crippen molar-refractivity contribution < 1.29 is 38.1 Å². The van der Waals surface area contributed by atoms with E-state index in [9.17, 15) is 19.2 Å². The Labute approximate surface area is 233 Å². The average Bonchev–Trinajstić information content (AvgIpc) is 2.87. The number of ether oxygens (including phenoxy) is 4. The summed E-state index contributed by atoms with van der Waals surface area (Å²) in [5, 5.41) is 0. The van der Waals surface area contributed by atoms with Crippen LogP contribution in [0.4, 0.5) is 0 Å². The fourth-order valence-electron chi connectivity index (χ4n) is 3.48. The van der Waals surface area contributed by atoms with E-state index in [4.69, 9.17) is 24.7 Å². The van der Waals surface area contributed by atoms with Crippen LogP contribution < -0.4 is 15.2 Å². The minimum atomic E-state index is -1.51. The number of carbonyl (C=O) groups is 4. The lowest BCUT2D eigenvalue weighted by Crippen LogP contribution is -2.51. The van der Waals surface area contributed by atoms with E-state index >= 15 is 0 Å². The minimum Gasteiger partial charge on any atom is -0.468 e. The maximum Gasteiger partial charge on any atom is 0.326 e. The molecule has 2 N–H and O–H groups in total. The van der Waals surface area contributed by atoms with E-state index in [1.54, 1.807) is 19.9 Å². The van der Waals surface area contributed by atoms with Gasteiger partial charge in [0.1, 0.15) is 5.54 Å². The largest absolute Gasteiger partial charge is 0.468 e. The van der Waals surface area contributed by atoms with Gasteiger partial charge in [0, 0.05) is 25.7 Å². The third-order valence-electron chi connectivity index (χ3n) is 6.64. The predicted molar refractivity (Wildman–Crippen MR) is 148 cm³/mol. The fraction of sp³-hybridized carbons (Fsp3) is 0.667. The Kier molecular flexibility index (Phi) is 13.6. The summed E-state index contributed by atoms with van der Waals surface area (Å²) in [5.41, 5.74) is 4.86. The number of hydrogen-bond donors (Lipinski definition) is 1. The van der Waals surface area contributed by atoms with Crippen molar-refractivity contribution in [3.63, 3.8) is 0 Å². The molecule has 0 spiro atoms. The van der Waals surface area contributed by atoms with Crippen molar-refractivity contribution in [1.82, 2.24) is 0 Å². The van der Waals surface area contributed by atoms with Crippen LogP contribution in [-0.4, -0.2) is 43.1 Å². The highest BCUT2D eigenvalue weighted by Crippen LogP contribution is 2.32. The van der Waals surface area contributed by atoms with Crippen molar-refractivity contribution in [1.29, 1.82) is 0 Å². The summed E-state index contributed by atoms with van der Waals surface area (Å²) in [5.74, 6) is -1.12. The Morgan fingerprint density at radius 2 is 1.41 bits per heavy atom. The molecule has 0 aliphatic rings. The smallest absolute Gasteiger partial charge is 0.326 e. The standard InChI is InChI=1S/C30H47NO8/c1-9-29(6,7)27(34)37-17-16-30(31,28(35)36-8)19-22-12-13-23(38-25(32)14-10-20(2)3)24(18-22)39-26(33)15-11-21(4)5/h12-13,18,20-21H,9-11,14-17,19,31H2,1-8H3/t30-/m1/s1. The summed E-state index contributed by atoms with van der Waals surface area (Å²) in [6.07, 6.45) is 2.35. The van der Waals surface area contributed by atoms with Crippen molar-refractivity contribution in [2.24, 2.45) is 23.0 Å². The van der Waals surface area contributed by atoms with E-state index in [-0.39, 0.29) is 49.8 Å². The minimum absolute atomic E-state index is 0.00646. The number of nitrogens with two attached hydrogens (primary N) is 1. The normalized spacial score (nSPS) is 13.1. The fourth-order valence-corrected chi connectivity index (χ4v) is 3.48. The maximum atomic E-state index is 12.7. The summed E-state index contributed by atoms with van der Waals surface area (Å²) in [4.78, 5) is 50.0. The number of methoxy groups -OCH3 is 1. The molecule has 1 rings (SSSR count). The highest BCUT2D eigenvalue weighted by Gasteiger charge is 2.37. The first-order valence-corrected chi connectivity index (χ1v) is 13.7. The first-order valence-electron chi connectivity index (χ1n) is 13.7. The molecule has 0 saturated heterocycles. The Morgan fingerprint density at radius 1 is 0.872 bits per heavy atom. The monoisotopic (exact) mass is 549 g/mol. The molecule has 0 aliphatic heterocycles. The van der Waals surface area contributed by atoms with Crippen molar-refractivity contribution in [2.45, 2.75) is 99.0 Å². The molecule has 0 bridgehead atoms. The van der Waals surface area contributed by atoms with E-state index in [0.717, 1.165) is 0 Å². The van der Waals surface area contributed by atoms with Crippen molar-refractivity contribution in [3.8, 4) is 11.5 Å². The lowest BCUT2D eigenvalue weighted by Gasteiger charge is -2.28.